The highest BCUT2D eigenvalue weighted by atomic mass is 79.9. The van der Waals surface area contributed by atoms with Gasteiger partial charge in [-0.1, -0.05) is 43.5 Å². The molecule has 60 valence electrons. The third kappa shape index (κ3) is 2.17. The molecule has 0 atom stereocenters. The van der Waals surface area contributed by atoms with Crippen LogP contribution in [0.15, 0.2) is 16.6 Å². The van der Waals surface area contributed by atoms with Crippen molar-refractivity contribution in [3.05, 3.63) is 33.0 Å². The third-order valence-corrected chi connectivity index (χ3v) is 2.60. The zero-order chi connectivity index (χ0) is 8.43. The van der Waals surface area contributed by atoms with Crippen molar-refractivity contribution in [3.8, 4) is 0 Å². The van der Waals surface area contributed by atoms with Crippen LogP contribution in [0.25, 0.3) is 0 Å². The molecule has 0 aliphatic heterocycles. The molecule has 0 aromatic heterocycles. The van der Waals surface area contributed by atoms with Crippen molar-refractivity contribution in [3.63, 3.8) is 0 Å². The molecule has 0 saturated carbocycles. The van der Waals surface area contributed by atoms with Crippen LogP contribution in [-0.2, 0) is 5.33 Å². The van der Waals surface area contributed by atoms with E-state index in [1.165, 1.54) is 6.07 Å². The number of hydrogen-bond donors (Lipinski definition) is 0. The van der Waals surface area contributed by atoms with Gasteiger partial charge in [-0.25, -0.2) is 4.39 Å². The second-order valence-corrected chi connectivity index (χ2v) is 3.87. The van der Waals surface area contributed by atoms with E-state index in [0.29, 0.717) is 20.4 Å². The first-order valence-corrected chi connectivity index (χ1v) is 5.13. The van der Waals surface area contributed by atoms with Crippen LogP contribution >= 0.6 is 43.5 Å². The molecule has 0 bridgehead atoms. The van der Waals surface area contributed by atoms with Gasteiger partial charge in [0, 0.05) is 20.4 Å². The van der Waals surface area contributed by atoms with Crippen LogP contribution in [-0.4, -0.2) is 0 Å². The summed E-state index contributed by atoms with van der Waals surface area (Å²) < 4.78 is 13.6. The Balaban J connectivity index is 3.25. The lowest BCUT2D eigenvalue weighted by molar-refractivity contribution is 0.617. The summed E-state index contributed by atoms with van der Waals surface area (Å²) in [7, 11) is 0. The van der Waals surface area contributed by atoms with Gasteiger partial charge >= 0.3 is 0 Å². The molecule has 1 rings (SSSR count). The van der Waals surface area contributed by atoms with Gasteiger partial charge in [-0.15, -0.1) is 0 Å². The van der Waals surface area contributed by atoms with Gasteiger partial charge in [-0.2, -0.15) is 0 Å². The Labute approximate surface area is 86.0 Å². The first-order valence-electron chi connectivity index (χ1n) is 2.84. The third-order valence-electron chi connectivity index (χ3n) is 1.24. The maximum Gasteiger partial charge on any atom is 0.129 e. The zero-order valence-electron chi connectivity index (χ0n) is 5.37. The summed E-state index contributed by atoms with van der Waals surface area (Å²) in [6.45, 7) is 0. The second-order valence-electron chi connectivity index (χ2n) is 1.98. The van der Waals surface area contributed by atoms with Crippen molar-refractivity contribution in [1.82, 2.24) is 0 Å². The number of benzene rings is 1. The van der Waals surface area contributed by atoms with Crippen LogP contribution in [0.5, 0.6) is 0 Å². The maximum atomic E-state index is 13.0. The fourth-order valence-corrected chi connectivity index (χ4v) is 2.27. The van der Waals surface area contributed by atoms with E-state index in [9.17, 15) is 4.39 Å². The van der Waals surface area contributed by atoms with E-state index in [2.05, 4.69) is 31.9 Å². The Kier molecular flexibility index (Phi) is 3.34. The van der Waals surface area contributed by atoms with Crippen molar-refractivity contribution >= 4 is 43.5 Å². The molecule has 0 saturated heterocycles. The Morgan fingerprint density at radius 1 is 1.45 bits per heavy atom. The molecule has 0 N–H and O–H groups in total. The summed E-state index contributed by atoms with van der Waals surface area (Å²) >= 11 is 12.0. The fraction of sp³-hybridized carbons (Fsp3) is 0.143. The molecule has 11 heavy (non-hydrogen) atoms. The van der Waals surface area contributed by atoms with Crippen LogP contribution in [0.3, 0.4) is 0 Å². The van der Waals surface area contributed by atoms with E-state index in [4.69, 9.17) is 11.6 Å². The average molecular weight is 302 g/mol. The zero-order valence-corrected chi connectivity index (χ0v) is 9.30. The smallest absolute Gasteiger partial charge is 0.129 e. The normalized spacial score (nSPS) is 10.2. The largest absolute Gasteiger partial charge is 0.207 e. The van der Waals surface area contributed by atoms with Gasteiger partial charge in [0.1, 0.15) is 5.82 Å². The van der Waals surface area contributed by atoms with E-state index in [1.54, 1.807) is 6.07 Å². The summed E-state index contributed by atoms with van der Waals surface area (Å²) in [6, 6.07) is 3.06. The fourth-order valence-electron chi connectivity index (χ4n) is 0.700. The first kappa shape index (κ1) is 9.49. The molecule has 0 aliphatic carbocycles. The van der Waals surface area contributed by atoms with Crippen molar-refractivity contribution < 1.29 is 4.39 Å². The summed E-state index contributed by atoms with van der Waals surface area (Å²) in [4.78, 5) is 0. The van der Waals surface area contributed by atoms with E-state index < -0.39 is 0 Å². The minimum Gasteiger partial charge on any atom is -0.207 e. The summed E-state index contributed by atoms with van der Waals surface area (Å²) in [5.41, 5.74) is 0.495. The minimum absolute atomic E-state index is 0.291. The van der Waals surface area contributed by atoms with Crippen molar-refractivity contribution in [1.29, 1.82) is 0 Å². The highest BCUT2D eigenvalue weighted by Crippen LogP contribution is 2.26. The lowest BCUT2D eigenvalue weighted by Crippen LogP contribution is -1.86. The minimum atomic E-state index is -0.291. The van der Waals surface area contributed by atoms with Gasteiger partial charge in [-0.05, 0) is 12.1 Å². The lowest BCUT2D eigenvalue weighted by atomic mass is 10.2. The Bertz CT molecular complexity index is 252. The monoisotopic (exact) mass is 300 g/mol. The van der Waals surface area contributed by atoms with E-state index in [1.807, 2.05) is 0 Å². The van der Waals surface area contributed by atoms with Crippen LogP contribution in [0.4, 0.5) is 4.39 Å². The van der Waals surface area contributed by atoms with E-state index >= 15 is 0 Å². The van der Waals surface area contributed by atoms with Gasteiger partial charge in [0.25, 0.3) is 0 Å². The molecule has 0 nitrogen and oxygen atoms in total. The predicted octanol–water partition coefficient (Wildman–Crippen LogP) is 4.14. The van der Waals surface area contributed by atoms with Crippen LogP contribution in [0.1, 0.15) is 5.56 Å². The highest BCUT2D eigenvalue weighted by Gasteiger charge is 2.06. The molecule has 0 heterocycles. The molecule has 0 unspecified atom stereocenters. The molecule has 0 aliphatic rings. The summed E-state index contributed by atoms with van der Waals surface area (Å²) in [5, 5.41) is 0.874. The van der Waals surface area contributed by atoms with Gasteiger partial charge in [0.05, 0.1) is 0 Å². The molecular formula is C7H4Br2ClF. The predicted molar refractivity (Wildman–Crippen MR) is 51.7 cm³/mol. The van der Waals surface area contributed by atoms with Gasteiger partial charge in [0.2, 0.25) is 0 Å². The molecule has 1 aromatic rings. The molecule has 0 fully saturated rings. The standard InChI is InChI=1S/C7H4Br2ClF/c8-3-5-6(10)1-4(9)2-7(5)11/h1-2H,3H2. The van der Waals surface area contributed by atoms with Crippen LogP contribution in [0.2, 0.25) is 5.02 Å². The molecule has 0 radical (unpaired) electrons. The van der Waals surface area contributed by atoms with Crippen LogP contribution in [0, 0.1) is 5.82 Å². The molecular weight excluding hydrogens is 298 g/mol. The topological polar surface area (TPSA) is 0 Å². The molecule has 0 amide bonds. The van der Waals surface area contributed by atoms with Crippen molar-refractivity contribution in [2.75, 3.05) is 0 Å². The Morgan fingerprint density at radius 2 is 2.09 bits per heavy atom. The molecule has 1 aromatic carbocycles. The van der Waals surface area contributed by atoms with Crippen molar-refractivity contribution in [2.24, 2.45) is 0 Å². The maximum absolute atomic E-state index is 13.0. The SMILES string of the molecule is Fc1cc(Br)cc(Cl)c1CBr. The second kappa shape index (κ2) is 3.87. The average Bonchev–Trinajstić information content (AvgIpc) is 1.85. The first-order chi connectivity index (χ1) is 5.15. The molecule has 4 heteroatoms. The number of hydrogen-bond acceptors (Lipinski definition) is 0. The summed E-state index contributed by atoms with van der Waals surface area (Å²) in [5.74, 6) is -0.291. The number of halogens is 4. The lowest BCUT2D eigenvalue weighted by Gasteiger charge is -2.01. The number of rotatable bonds is 1. The van der Waals surface area contributed by atoms with E-state index in [0.717, 1.165) is 0 Å². The van der Waals surface area contributed by atoms with Crippen LogP contribution < -0.4 is 0 Å². The molecule has 0 spiro atoms. The van der Waals surface area contributed by atoms with Gasteiger partial charge in [-0.3, -0.25) is 0 Å². The van der Waals surface area contributed by atoms with Crippen molar-refractivity contribution in [2.45, 2.75) is 5.33 Å². The van der Waals surface area contributed by atoms with Gasteiger partial charge < -0.3 is 0 Å². The van der Waals surface area contributed by atoms with E-state index in [-0.39, 0.29) is 5.82 Å². The summed E-state index contributed by atoms with van der Waals surface area (Å²) in [6.07, 6.45) is 0. The Morgan fingerprint density at radius 3 is 2.55 bits per heavy atom. The quantitative estimate of drug-likeness (QED) is 0.684. The Hall–Kier alpha value is 0.400. The number of alkyl halides is 1. The van der Waals surface area contributed by atoms with Gasteiger partial charge in [0.15, 0.2) is 0 Å². The highest BCUT2D eigenvalue weighted by molar-refractivity contribution is 9.10.